The monoisotopic (exact) mass is 354 g/mol. The molecule has 0 fully saturated rings. The van der Waals surface area contributed by atoms with Gasteiger partial charge in [-0.25, -0.2) is 0 Å². The van der Waals surface area contributed by atoms with Crippen LogP contribution in [0.2, 0.25) is 5.02 Å². The molecule has 4 N–H and O–H groups in total. The molecule has 0 unspecified atom stereocenters. The van der Waals surface area contributed by atoms with Gasteiger partial charge in [-0.15, -0.1) is 0 Å². The van der Waals surface area contributed by atoms with Gasteiger partial charge in [0.15, 0.2) is 5.84 Å². The van der Waals surface area contributed by atoms with Crippen molar-refractivity contribution in [1.29, 1.82) is 0 Å². The summed E-state index contributed by atoms with van der Waals surface area (Å²) in [5.74, 6) is -0.0238. The quantitative estimate of drug-likeness (QED) is 0.340. The van der Waals surface area contributed by atoms with Crippen molar-refractivity contribution in [3.63, 3.8) is 0 Å². The zero-order valence-electron chi connectivity index (χ0n) is 10.3. The molecule has 0 spiro atoms. The average molecular weight is 356 g/mol. The summed E-state index contributed by atoms with van der Waals surface area (Å²) in [6, 6.07) is 9.19. The third-order valence-electron chi connectivity index (χ3n) is 2.64. The third kappa shape index (κ3) is 3.40. The Balaban J connectivity index is 2.19. The van der Waals surface area contributed by atoms with E-state index in [1.165, 1.54) is 0 Å². The van der Waals surface area contributed by atoms with E-state index < -0.39 is 0 Å². The Morgan fingerprint density at radius 1 is 1.45 bits per heavy atom. The largest absolute Gasteiger partial charge is 0.409 e. The van der Waals surface area contributed by atoms with Crippen LogP contribution in [-0.4, -0.2) is 16.0 Å². The van der Waals surface area contributed by atoms with Crippen LogP contribution in [0.15, 0.2) is 46.2 Å². The lowest BCUT2D eigenvalue weighted by Gasteiger charge is -2.11. The van der Waals surface area contributed by atoms with E-state index in [0.717, 1.165) is 15.7 Å². The number of aromatic nitrogens is 1. The topological polar surface area (TPSA) is 83.5 Å². The van der Waals surface area contributed by atoms with Gasteiger partial charge in [0, 0.05) is 22.8 Å². The minimum Gasteiger partial charge on any atom is -0.409 e. The van der Waals surface area contributed by atoms with E-state index in [-0.39, 0.29) is 5.84 Å². The van der Waals surface area contributed by atoms with Crippen molar-refractivity contribution in [3.05, 3.63) is 57.3 Å². The van der Waals surface area contributed by atoms with Gasteiger partial charge >= 0.3 is 0 Å². The van der Waals surface area contributed by atoms with Crippen molar-refractivity contribution in [3.8, 4) is 0 Å². The summed E-state index contributed by atoms with van der Waals surface area (Å²) < 4.78 is 0.909. The van der Waals surface area contributed by atoms with E-state index in [1.54, 1.807) is 18.3 Å². The lowest BCUT2D eigenvalue weighted by Crippen LogP contribution is -2.18. The number of pyridine rings is 1. The normalized spacial score (nSPS) is 11.4. The van der Waals surface area contributed by atoms with Gasteiger partial charge in [0.1, 0.15) is 5.69 Å². The van der Waals surface area contributed by atoms with E-state index in [1.807, 2.05) is 18.2 Å². The molecule has 1 aromatic heterocycles. The molecular weight excluding hydrogens is 344 g/mol. The van der Waals surface area contributed by atoms with Crippen LogP contribution < -0.4 is 11.1 Å². The Kier molecular flexibility index (Phi) is 4.81. The molecule has 0 aliphatic heterocycles. The molecule has 0 amide bonds. The third-order valence-corrected chi connectivity index (χ3v) is 3.45. The van der Waals surface area contributed by atoms with Crippen LogP contribution >= 0.6 is 27.5 Å². The molecule has 0 aliphatic carbocycles. The maximum atomic E-state index is 8.75. The van der Waals surface area contributed by atoms with Crippen LogP contribution in [0.5, 0.6) is 0 Å². The van der Waals surface area contributed by atoms with Crippen LogP contribution in [0.1, 0.15) is 11.3 Å². The predicted octanol–water partition coefficient (Wildman–Crippen LogP) is 3.20. The molecule has 0 radical (unpaired) electrons. The fourth-order valence-electron chi connectivity index (χ4n) is 1.68. The summed E-state index contributed by atoms with van der Waals surface area (Å²) in [5.41, 5.74) is 7.63. The summed E-state index contributed by atoms with van der Waals surface area (Å²) in [7, 11) is 0. The van der Waals surface area contributed by atoms with Crippen molar-refractivity contribution < 1.29 is 5.21 Å². The number of oxime groups is 1. The maximum Gasteiger partial charge on any atom is 0.189 e. The first-order valence-corrected chi connectivity index (χ1v) is 6.89. The number of benzene rings is 1. The first-order valence-electron chi connectivity index (χ1n) is 5.72. The first kappa shape index (κ1) is 14.6. The molecule has 0 saturated heterocycles. The molecule has 0 atom stereocenters. The Morgan fingerprint density at radius 2 is 2.25 bits per heavy atom. The van der Waals surface area contributed by atoms with Crippen LogP contribution in [0.3, 0.4) is 0 Å². The highest BCUT2D eigenvalue weighted by Crippen LogP contribution is 2.26. The Hall–Kier alpha value is -1.79. The number of hydrogen-bond acceptors (Lipinski definition) is 4. The number of hydrogen-bond donors (Lipinski definition) is 3. The molecule has 1 aromatic carbocycles. The summed E-state index contributed by atoms with van der Waals surface area (Å²) in [4.78, 5) is 4.10. The molecular formula is C13H12BrClN4O. The van der Waals surface area contributed by atoms with Crippen LogP contribution in [0, 0.1) is 0 Å². The lowest BCUT2D eigenvalue weighted by molar-refractivity contribution is 0.318. The molecule has 1 heterocycles. The summed E-state index contributed by atoms with van der Waals surface area (Å²) in [5, 5.41) is 15.5. The highest BCUT2D eigenvalue weighted by atomic mass is 79.9. The van der Waals surface area contributed by atoms with Crippen LogP contribution in [0.4, 0.5) is 5.69 Å². The van der Waals surface area contributed by atoms with E-state index in [9.17, 15) is 0 Å². The van der Waals surface area contributed by atoms with E-state index in [2.05, 4.69) is 31.4 Å². The second-order valence-electron chi connectivity index (χ2n) is 3.97. The fraction of sp³-hybridized carbons (Fsp3) is 0.0769. The zero-order valence-corrected chi connectivity index (χ0v) is 12.7. The number of rotatable bonds is 4. The van der Waals surface area contributed by atoms with Gasteiger partial charge in [-0.05, 0) is 24.3 Å². The zero-order chi connectivity index (χ0) is 14.5. The lowest BCUT2D eigenvalue weighted by atomic mass is 10.1. The van der Waals surface area contributed by atoms with Gasteiger partial charge in [-0.1, -0.05) is 38.8 Å². The molecule has 20 heavy (non-hydrogen) atoms. The molecule has 7 heteroatoms. The molecule has 2 rings (SSSR count). The van der Waals surface area contributed by atoms with Crippen molar-refractivity contribution in [1.82, 2.24) is 4.98 Å². The highest BCUT2D eigenvalue weighted by molar-refractivity contribution is 9.10. The standard InChI is InChI=1S/C13H12BrClN4O/c14-9-3-4-11(10(15)6-9)18-7-8-2-1-5-17-12(8)13(16)19-20/h1-6,18,20H,7H2,(H2,16,19). The van der Waals surface area contributed by atoms with Crippen molar-refractivity contribution >= 4 is 39.1 Å². The van der Waals surface area contributed by atoms with Crippen LogP contribution in [0.25, 0.3) is 0 Å². The number of amidine groups is 1. The van der Waals surface area contributed by atoms with E-state index in [4.69, 9.17) is 22.5 Å². The second kappa shape index (κ2) is 6.58. The summed E-state index contributed by atoms with van der Waals surface area (Å²) in [6.45, 7) is 0.459. The number of nitrogens with one attached hydrogen (secondary N) is 1. The smallest absolute Gasteiger partial charge is 0.189 e. The van der Waals surface area contributed by atoms with Crippen molar-refractivity contribution in [2.75, 3.05) is 5.32 Å². The minimum absolute atomic E-state index is 0.0238. The highest BCUT2D eigenvalue weighted by Gasteiger charge is 2.08. The van der Waals surface area contributed by atoms with Crippen molar-refractivity contribution in [2.24, 2.45) is 10.9 Å². The molecule has 0 bridgehead atoms. The van der Waals surface area contributed by atoms with Gasteiger partial charge in [-0.2, -0.15) is 0 Å². The van der Waals surface area contributed by atoms with E-state index in [0.29, 0.717) is 17.3 Å². The summed E-state index contributed by atoms with van der Waals surface area (Å²) in [6.07, 6.45) is 1.59. The fourth-order valence-corrected chi connectivity index (χ4v) is 2.42. The average Bonchev–Trinajstić information content (AvgIpc) is 2.46. The molecule has 0 aliphatic rings. The van der Waals surface area contributed by atoms with Gasteiger partial charge < -0.3 is 16.3 Å². The van der Waals surface area contributed by atoms with Gasteiger partial charge in [0.2, 0.25) is 0 Å². The number of anilines is 1. The summed E-state index contributed by atoms with van der Waals surface area (Å²) >= 11 is 9.48. The van der Waals surface area contributed by atoms with Gasteiger partial charge in [-0.3, -0.25) is 4.98 Å². The number of halogens is 2. The van der Waals surface area contributed by atoms with Gasteiger partial charge in [0.25, 0.3) is 0 Å². The Labute approximate surface area is 129 Å². The molecule has 0 saturated carbocycles. The second-order valence-corrected chi connectivity index (χ2v) is 5.30. The number of nitrogens with two attached hydrogens (primary N) is 1. The Bertz CT molecular complexity index is 648. The van der Waals surface area contributed by atoms with Crippen molar-refractivity contribution in [2.45, 2.75) is 6.54 Å². The molecule has 104 valence electrons. The predicted molar refractivity (Wildman–Crippen MR) is 83.2 cm³/mol. The maximum absolute atomic E-state index is 8.75. The van der Waals surface area contributed by atoms with E-state index >= 15 is 0 Å². The Morgan fingerprint density at radius 3 is 2.95 bits per heavy atom. The SMILES string of the molecule is NC(=NO)c1ncccc1CNc1ccc(Br)cc1Cl. The van der Waals surface area contributed by atoms with Crippen LogP contribution in [-0.2, 0) is 6.54 Å². The van der Waals surface area contributed by atoms with Gasteiger partial charge in [0.05, 0.1) is 10.7 Å². The minimum atomic E-state index is -0.0238. The molecule has 5 nitrogen and oxygen atoms in total. The molecule has 2 aromatic rings. The first-order chi connectivity index (χ1) is 9.61. The number of nitrogens with zero attached hydrogens (tertiary/aromatic N) is 2.